The van der Waals surface area contributed by atoms with E-state index in [-0.39, 0.29) is 12.5 Å². The van der Waals surface area contributed by atoms with Crippen LogP contribution in [0, 0.1) is 0 Å². The first-order chi connectivity index (χ1) is 14.5. The number of rotatable bonds is 9. The van der Waals surface area contributed by atoms with Crippen LogP contribution in [0.25, 0.3) is 0 Å². The predicted molar refractivity (Wildman–Crippen MR) is 126 cm³/mol. The first-order valence-electron chi connectivity index (χ1n) is 9.57. The van der Waals surface area contributed by atoms with Crippen molar-refractivity contribution in [3.63, 3.8) is 0 Å². The molecule has 0 aliphatic heterocycles. The van der Waals surface area contributed by atoms with E-state index in [4.69, 9.17) is 11.6 Å². The van der Waals surface area contributed by atoms with E-state index < -0.39 is 28.5 Å². The van der Waals surface area contributed by atoms with Gasteiger partial charge < -0.3 is 10.2 Å². The highest BCUT2D eigenvalue weighted by molar-refractivity contribution is 9.10. The number of hydrogen-bond acceptors (Lipinski definition) is 4. The first-order valence-corrected chi connectivity index (χ1v) is 12.6. The van der Waals surface area contributed by atoms with Crippen LogP contribution in [-0.2, 0) is 26.2 Å². The molecule has 0 aliphatic rings. The van der Waals surface area contributed by atoms with Crippen LogP contribution in [0.15, 0.2) is 53.0 Å². The molecule has 0 radical (unpaired) electrons. The number of nitrogens with one attached hydrogen (secondary N) is 1. The van der Waals surface area contributed by atoms with E-state index >= 15 is 0 Å². The fourth-order valence-electron chi connectivity index (χ4n) is 2.91. The van der Waals surface area contributed by atoms with E-state index in [0.717, 1.165) is 20.6 Å². The normalized spacial score (nSPS) is 12.2. The molecule has 2 rings (SSSR count). The Morgan fingerprint density at radius 3 is 2.19 bits per heavy atom. The lowest BCUT2D eigenvalue weighted by Crippen LogP contribution is -2.51. The summed E-state index contributed by atoms with van der Waals surface area (Å²) in [5.74, 6) is -0.818. The number of anilines is 1. The third-order valence-corrected chi connectivity index (χ3v) is 6.50. The lowest BCUT2D eigenvalue weighted by molar-refractivity contribution is -0.139. The number of likely N-dealkylation sites (N-methyl/N-ethyl adjacent to an activating group) is 1. The van der Waals surface area contributed by atoms with Crippen molar-refractivity contribution in [1.82, 2.24) is 10.2 Å². The Morgan fingerprint density at radius 2 is 1.68 bits per heavy atom. The summed E-state index contributed by atoms with van der Waals surface area (Å²) in [6.07, 6.45) is 1.04. The Bertz CT molecular complexity index is 1010. The van der Waals surface area contributed by atoms with Gasteiger partial charge in [-0.2, -0.15) is 0 Å². The average molecular weight is 531 g/mol. The molecule has 10 heteroatoms. The lowest BCUT2D eigenvalue weighted by Gasteiger charge is -2.31. The summed E-state index contributed by atoms with van der Waals surface area (Å²) < 4.78 is 26.7. The van der Waals surface area contributed by atoms with E-state index in [1.807, 2.05) is 0 Å². The maximum absolute atomic E-state index is 13.3. The topological polar surface area (TPSA) is 86.8 Å². The van der Waals surface area contributed by atoms with Gasteiger partial charge in [0.15, 0.2) is 0 Å². The molecule has 2 amide bonds. The predicted octanol–water partition coefficient (Wildman–Crippen LogP) is 3.42. The van der Waals surface area contributed by atoms with Gasteiger partial charge in [-0.25, -0.2) is 8.42 Å². The van der Waals surface area contributed by atoms with Crippen molar-refractivity contribution in [3.8, 4) is 0 Å². The molecule has 7 nitrogen and oxygen atoms in total. The number of halogens is 2. The van der Waals surface area contributed by atoms with E-state index in [0.29, 0.717) is 17.3 Å². The van der Waals surface area contributed by atoms with Gasteiger partial charge in [0, 0.05) is 22.6 Å². The van der Waals surface area contributed by atoms with E-state index in [1.54, 1.807) is 62.4 Å². The number of carbonyl (C=O) groups excluding carboxylic acids is 2. The molecule has 168 valence electrons. The number of nitrogens with zero attached hydrogens (tertiary/aromatic N) is 2. The average Bonchev–Trinajstić information content (AvgIpc) is 2.71. The van der Waals surface area contributed by atoms with Crippen LogP contribution in [0.3, 0.4) is 0 Å². The molecule has 0 spiro atoms. The van der Waals surface area contributed by atoms with E-state index in [2.05, 4.69) is 21.2 Å². The van der Waals surface area contributed by atoms with E-state index in [9.17, 15) is 18.0 Å². The Morgan fingerprint density at radius 1 is 1.10 bits per heavy atom. The molecule has 0 aromatic heterocycles. The van der Waals surface area contributed by atoms with Crippen molar-refractivity contribution < 1.29 is 18.0 Å². The van der Waals surface area contributed by atoms with Crippen LogP contribution in [0.2, 0.25) is 5.02 Å². The molecule has 1 atom stereocenters. The molecule has 0 saturated carbocycles. The highest BCUT2D eigenvalue weighted by Crippen LogP contribution is 2.22. The molecule has 0 bridgehead atoms. The quantitative estimate of drug-likeness (QED) is 0.538. The summed E-state index contributed by atoms with van der Waals surface area (Å²) >= 11 is 9.26. The van der Waals surface area contributed by atoms with Gasteiger partial charge in [0.2, 0.25) is 21.8 Å². The smallest absolute Gasteiger partial charge is 0.244 e. The summed E-state index contributed by atoms with van der Waals surface area (Å²) in [5, 5.41) is 3.26. The fraction of sp³-hybridized carbons (Fsp3) is 0.333. The maximum atomic E-state index is 13.3. The standard InChI is InChI=1S/C21H25BrClN3O4S/c1-4-24-21(28)15(2)25(13-16-5-9-18(23)10-6-16)20(27)14-26(31(3,29)30)19-11-7-17(22)8-12-19/h5-12,15H,4,13-14H2,1-3H3,(H,24,28). The van der Waals surface area contributed by atoms with Crippen molar-refractivity contribution in [2.75, 3.05) is 23.7 Å². The summed E-state index contributed by atoms with van der Waals surface area (Å²) in [7, 11) is -3.74. The van der Waals surface area contributed by atoms with Crippen LogP contribution in [-0.4, -0.2) is 50.5 Å². The second-order valence-electron chi connectivity index (χ2n) is 6.96. The molecule has 2 aromatic rings. The van der Waals surface area contributed by atoms with Crippen molar-refractivity contribution >= 4 is 55.1 Å². The molecule has 0 fully saturated rings. The third kappa shape index (κ3) is 7.22. The molecule has 0 aliphatic carbocycles. The zero-order valence-corrected chi connectivity index (χ0v) is 20.7. The van der Waals surface area contributed by atoms with Gasteiger partial charge in [0.05, 0.1) is 11.9 Å². The van der Waals surface area contributed by atoms with Crippen molar-refractivity contribution in [1.29, 1.82) is 0 Å². The van der Waals surface area contributed by atoms with Gasteiger partial charge in [-0.15, -0.1) is 0 Å². The zero-order chi connectivity index (χ0) is 23.2. The second kappa shape index (κ2) is 11.0. The number of benzene rings is 2. The van der Waals surface area contributed by atoms with Gasteiger partial charge in [0.25, 0.3) is 0 Å². The van der Waals surface area contributed by atoms with Crippen molar-refractivity contribution in [2.24, 2.45) is 0 Å². The Balaban J connectivity index is 2.35. The molecular formula is C21H25BrClN3O4S. The molecule has 0 heterocycles. The molecule has 31 heavy (non-hydrogen) atoms. The van der Waals surface area contributed by atoms with Crippen LogP contribution in [0.4, 0.5) is 5.69 Å². The van der Waals surface area contributed by atoms with Crippen LogP contribution in [0.5, 0.6) is 0 Å². The van der Waals surface area contributed by atoms with Gasteiger partial charge in [-0.1, -0.05) is 39.7 Å². The largest absolute Gasteiger partial charge is 0.355 e. The van der Waals surface area contributed by atoms with Crippen molar-refractivity contribution in [3.05, 3.63) is 63.6 Å². The van der Waals surface area contributed by atoms with Crippen LogP contribution >= 0.6 is 27.5 Å². The number of amides is 2. The monoisotopic (exact) mass is 529 g/mol. The highest BCUT2D eigenvalue weighted by Gasteiger charge is 2.29. The Kier molecular flexibility index (Phi) is 8.90. The van der Waals surface area contributed by atoms with Gasteiger partial charge in [-0.05, 0) is 55.8 Å². The minimum Gasteiger partial charge on any atom is -0.355 e. The summed E-state index contributed by atoms with van der Waals surface area (Å²) in [6, 6.07) is 12.7. The van der Waals surface area contributed by atoms with Gasteiger partial charge in [0.1, 0.15) is 12.6 Å². The summed E-state index contributed by atoms with van der Waals surface area (Å²) in [4.78, 5) is 27.1. The van der Waals surface area contributed by atoms with Gasteiger partial charge >= 0.3 is 0 Å². The van der Waals surface area contributed by atoms with E-state index in [1.165, 1.54) is 4.90 Å². The minimum absolute atomic E-state index is 0.131. The summed E-state index contributed by atoms with van der Waals surface area (Å²) in [5.41, 5.74) is 1.12. The molecule has 2 aromatic carbocycles. The molecular weight excluding hydrogens is 506 g/mol. The van der Waals surface area contributed by atoms with Crippen LogP contribution < -0.4 is 9.62 Å². The highest BCUT2D eigenvalue weighted by atomic mass is 79.9. The number of hydrogen-bond donors (Lipinski definition) is 1. The Hall–Kier alpha value is -2.10. The maximum Gasteiger partial charge on any atom is 0.244 e. The zero-order valence-electron chi connectivity index (χ0n) is 17.5. The Labute approximate surface area is 196 Å². The second-order valence-corrected chi connectivity index (χ2v) is 10.2. The number of sulfonamides is 1. The lowest BCUT2D eigenvalue weighted by atomic mass is 10.1. The SMILES string of the molecule is CCNC(=O)C(C)N(Cc1ccc(Cl)cc1)C(=O)CN(c1ccc(Br)cc1)S(C)(=O)=O. The van der Waals surface area contributed by atoms with Crippen molar-refractivity contribution in [2.45, 2.75) is 26.4 Å². The van der Waals surface area contributed by atoms with Gasteiger partial charge in [-0.3, -0.25) is 13.9 Å². The molecule has 1 N–H and O–H groups in total. The minimum atomic E-state index is -3.74. The fourth-order valence-corrected chi connectivity index (χ4v) is 4.15. The first kappa shape index (κ1) is 25.2. The molecule has 0 saturated heterocycles. The third-order valence-electron chi connectivity index (χ3n) is 4.58. The van der Waals surface area contributed by atoms with Crippen LogP contribution in [0.1, 0.15) is 19.4 Å². The number of carbonyl (C=O) groups is 2. The summed E-state index contributed by atoms with van der Waals surface area (Å²) in [6.45, 7) is 3.52. The molecule has 1 unspecified atom stereocenters.